The molecule has 2 aromatic rings. The third-order valence-corrected chi connectivity index (χ3v) is 4.29. The molecule has 0 aromatic heterocycles. The summed E-state index contributed by atoms with van der Waals surface area (Å²) in [5.74, 6) is -0.568. The van der Waals surface area contributed by atoms with E-state index >= 15 is 0 Å². The molecule has 0 radical (unpaired) electrons. The number of sulfonamides is 1. The zero-order valence-electron chi connectivity index (χ0n) is 11.1. The molecule has 1 amide bonds. The first-order chi connectivity index (χ1) is 9.92. The van der Waals surface area contributed by atoms with E-state index in [-0.39, 0.29) is 4.90 Å². The van der Waals surface area contributed by atoms with E-state index in [0.29, 0.717) is 17.8 Å². The summed E-state index contributed by atoms with van der Waals surface area (Å²) in [5.41, 5.74) is 12.1. The Morgan fingerprint density at radius 1 is 1.00 bits per heavy atom. The molecule has 6 nitrogen and oxygen atoms in total. The van der Waals surface area contributed by atoms with Gasteiger partial charge in [0.25, 0.3) is 10.0 Å². The normalized spacial score (nSPS) is 11.1. The van der Waals surface area contributed by atoms with Crippen LogP contribution in [0.4, 0.5) is 5.69 Å². The van der Waals surface area contributed by atoms with Gasteiger partial charge in [-0.05, 0) is 42.0 Å². The van der Waals surface area contributed by atoms with E-state index in [2.05, 4.69) is 4.72 Å². The molecule has 0 spiro atoms. The summed E-state index contributed by atoms with van der Waals surface area (Å²) in [5, 5.41) is 0. The van der Waals surface area contributed by atoms with Crippen LogP contribution in [-0.4, -0.2) is 14.3 Å². The number of nitrogens with two attached hydrogens (primary N) is 2. The first-order valence-corrected chi connectivity index (χ1v) is 7.62. The lowest BCUT2D eigenvalue weighted by atomic mass is 10.2. The highest BCUT2D eigenvalue weighted by Gasteiger charge is 2.14. The molecule has 0 aliphatic rings. The van der Waals surface area contributed by atoms with Crippen LogP contribution in [0.15, 0.2) is 53.4 Å². The van der Waals surface area contributed by atoms with E-state index < -0.39 is 15.9 Å². The highest BCUT2D eigenvalue weighted by Crippen LogP contribution is 2.17. The van der Waals surface area contributed by atoms with Gasteiger partial charge >= 0.3 is 0 Å². The minimum atomic E-state index is -3.68. The number of hydrogen-bond acceptors (Lipinski definition) is 4. The summed E-state index contributed by atoms with van der Waals surface area (Å²) in [6, 6.07) is 12.2. The molecule has 2 aromatic carbocycles. The quantitative estimate of drug-likeness (QED) is 0.765. The van der Waals surface area contributed by atoms with E-state index in [1.54, 1.807) is 12.1 Å². The first-order valence-electron chi connectivity index (χ1n) is 6.14. The predicted molar refractivity (Wildman–Crippen MR) is 80.1 cm³/mol. The van der Waals surface area contributed by atoms with Crippen molar-refractivity contribution < 1.29 is 13.2 Å². The molecule has 7 heteroatoms. The zero-order chi connectivity index (χ0) is 15.5. The molecular weight excluding hydrogens is 290 g/mol. The molecule has 110 valence electrons. The topological polar surface area (TPSA) is 115 Å². The first kappa shape index (κ1) is 15.0. The smallest absolute Gasteiger partial charge is 0.261 e. The Hall–Kier alpha value is -2.38. The Bertz CT molecular complexity index is 738. The number of amides is 1. The van der Waals surface area contributed by atoms with Crippen LogP contribution in [0.1, 0.15) is 15.9 Å². The van der Waals surface area contributed by atoms with Crippen molar-refractivity contribution in [3.05, 3.63) is 59.7 Å². The van der Waals surface area contributed by atoms with Crippen LogP contribution in [0.2, 0.25) is 0 Å². The van der Waals surface area contributed by atoms with E-state index in [0.717, 1.165) is 5.56 Å². The average Bonchev–Trinajstić information content (AvgIpc) is 2.47. The number of nitrogens with one attached hydrogen (secondary N) is 1. The van der Waals surface area contributed by atoms with Crippen LogP contribution >= 0.6 is 0 Å². The highest BCUT2D eigenvalue weighted by atomic mass is 32.2. The van der Waals surface area contributed by atoms with Gasteiger partial charge in [-0.2, -0.15) is 0 Å². The Balaban J connectivity index is 2.21. The van der Waals surface area contributed by atoms with E-state index in [1.807, 2.05) is 0 Å². The molecule has 0 atom stereocenters. The third-order valence-electron chi connectivity index (χ3n) is 2.89. The van der Waals surface area contributed by atoms with Crippen LogP contribution < -0.4 is 16.2 Å². The van der Waals surface area contributed by atoms with Crippen molar-refractivity contribution in [3.8, 4) is 0 Å². The van der Waals surface area contributed by atoms with Crippen LogP contribution in [0.3, 0.4) is 0 Å². The fourth-order valence-corrected chi connectivity index (χ4v) is 2.78. The Labute approximate surface area is 122 Å². The van der Waals surface area contributed by atoms with E-state index in [9.17, 15) is 13.2 Å². The SMILES string of the molecule is NCc1ccc(S(=O)(=O)Nc2ccc(C(N)=O)cc2)cc1. The van der Waals surface area contributed by atoms with Crippen molar-refractivity contribution in [2.45, 2.75) is 11.4 Å². The van der Waals surface area contributed by atoms with Crippen molar-refractivity contribution in [3.63, 3.8) is 0 Å². The van der Waals surface area contributed by atoms with Gasteiger partial charge in [0.1, 0.15) is 0 Å². The Morgan fingerprint density at radius 3 is 2.05 bits per heavy atom. The number of carbonyl (C=O) groups is 1. The molecule has 0 unspecified atom stereocenters. The lowest BCUT2D eigenvalue weighted by Gasteiger charge is -2.09. The Morgan fingerprint density at radius 2 is 1.57 bits per heavy atom. The molecule has 0 saturated carbocycles. The number of carbonyl (C=O) groups excluding carboxylic acids is 1. The number of rotatable bonds is 5. The summed E-state index contributed by atoms with van der Waals surface area (Å²) in [6.07, 6.45) is 0. The standard InChI is InChI=1S/C14H15N3O3S/c15-9-10-1-7-13(8-2-10)21(19,20)17-12-5-3-11(4-6-12)14(16)18/h1-8,17H,9,15H2,(H2,16,18). The molecule has 0 saturated heterocycles. The van der Waals surface area contributed by atoms with Crippen LogP contribution in [0.5, 0.6) is 0 Å². The minimum absolute atomic E-state index is 0.138. The van der Waals surface area contributed by atoms with Gasteiger partial charge in [0.15, 0.2) is 0 Å². The predicted octanol–water partition coefficient (Wildman–Crippen LogP) is 1.04. The van der Waals surface area contributed by atoms with Crippen LogP contribution in [0, 0.1) is 0 Å². The summed E-state index contributed by atoms with van der Waals surface area (Å²) in [7, 11) is -3.68. The summed E-state index contributed by atoms with van der Waals surface area (Å²) < 4.78 is 26.8. The summed E-state index contributed by atoms with van der Waals surface area (Å²) in [6.45, 7) is 0.350. The van der Waals surface area contributed by atoms with Gasteiger partial charge in [0.05, 0.1) is 4.90 Å². The molecule has 0 fully saturated rings. The molecule has 0 heterocycles. The Kier molecular flexibility index (Phi) is 4.25. The maximum absolute atomic E-state index is 12.2. The molecule has 0 aliphatic heterocycles. The molecule has 2 rings (SSSR count). The average molecular weight is 305 g/mol. The number of hydrogen-bond donors (Lipinski definition) is 3. The van der Waals surface area contributed by atoms with Crippen molar-refractivity contribution in [2.24, 2.45) is 11.5 Å². The molecule has 0 bridgehead atoms. The van der Waals surface area contributed by atoms with Crippen LogP contribution in [-0.2, 0) is 16.6 Å². The zero-order valence-corrected chi connectivity index (χ0v) is 11.9. The van der Waals surface area contributed by atoms with E-state index in [4.69, 9.17) is 11.5 Å². The second kappa shape index (κ2) is 5.94. The van der Waals surface area contributed by atoms with Crippen molar-refractivity contribution in [1.29, 1.82) is 0 Å². The van der Waals surface area contributed by atoms with E-state index in [1.165, 1.54) is 36.4 Å². The van der Waals surface area contributed by atoms with Crippen molar-refractivity contribution in [1.82, 2.24) is 0 Å². The summed E-state index contributed by atoms with van der Waals surface area (Å²) >= 11 is 0. The maximum Gasteiger partial charge on any atom is 0.261 e. The highest BCUT2D eigenvalue weighted by molar-refractivity contribution is 7.92. The van der Waals surface area contributed by atoms with Gasteiger partial charge in [0, 0.05) is 17.8 Å². The second-order valence-corrected chi connectivity index (χ2v) is 6.08. The third kappa shape index (κ3) is 3.59. The summed E-state index contributed by atoms with van der Waals surface area (Å²) in [4.78, 5) is 11.1. The second-order valence-electron chi connectivity index (χ2n) is 4.40. The number of anilines is 1. The number of benzene rings is 2. The minimum Gasteiger partial charge on any atom is -0.366 e. The van der Waals surface area contributed by atoms with Gasteiger partial charge in [-0.1, -0.05) is 12.1 Å². The van der Waals surface area contributed by atoms with Gasteiger partial charge in [-0.15, -0.1) is 0 Å². The molecular formula is C14H15N3O3S. The fraction of sp³-hybridized carbons (Fsp3) is 0.0714. The number of primary amides is 1. The van der Waals surface area contributed by atoms with Crippen LogP contribution in [0.25, 0.3) is 0 Å². The van der Waals surface area contributed by atoms with Gasteiger partial charge in [-0.25, -0.2) is 8.42 Å². The maximum atomic E-state index is 12.2. The lowest BCUT2D eigenvalue weighted by Crippen LogP contribution is -2.14. The van der Waals surface area contributed by atoms with Gasteiger partial charge < -0.3 is 11.5 Å². The monoisotopic (exact) mass is 305 g/mol. The van der Waals surface area contributed by atoms with Gasteiger partial charge in [0.2, 0.25) is 5.91 Å². The van der Waals surface area contributed by atoms with Gasteiger partial charge in [-0.3, -0.25) is 9.52 Å². The van der Waals surface area contributed by atoms with Crippen molar-refractivity contribution >= 4 is 21.6 Å². The molecule has 21 heavy (non-hydrogen) atoms. The van der Waals surface area contributed by atoms with Crippen molar-refractivity contribution in [2.75, 3.05) is 4.72 Å². The lowest BCUT2D eigenvalue weighted by molar-refractivity contribution is 0.100. The largest absolute Gasteiger partial charge is 0.366 e. The fourth-order valence-electron chi connectivity index (χ4n) is 1.72. The molecule has 0 aliphatic carbocycles. The molecule has 5 N–H and O–H groups in total.